The maximum Gasteiger partial charge on any atom is 0.164 e. The average molecular weight is 1320 g/mol. The molecule has 14 aromatic rings. The van der Waals surface area contributed by atoms with Crippen molar-refractivity contribution in [2.75, 3.05) is 15.1 Å². The zero-order chi connectivity index (χ0) is 61.7. The van der Waals surface area contributed by atoms with Crippen LogP contribution < -0.4 is 29.3 Å². The molecule has 3 aliphatic heterocycles. The normalized spacial score (nSPS) is 11.9. The van der Waals surface area contributed by atoms with Gasteiger partial charge in [-0.15, -0.1) is 0 Å². The lowest BCUT2D eigenvalue weighted by molar-refractivity contribution is 0.477. The van der Waals surface area contributed by atoms with Gasteiger partial charge >= 0.3 is 0 Å². The van der Waals surface area contributed by atoms with Gasteiger partial charge < -0.3 is 29.3 Å². The SMILES string of the molecule is Brc1ccc(-c2nc(-c3ccccc3)nc(-c3ccc(Br)cc3)n2)cc1.c1ccc(-c2nc(-c3ccc(N4c5ccccc5Oc5ccccc54)cc3)nc(-c3ccc(N4c5ccccc5Oc5ccccc54)cc3)n2)cc1.c1ccc2c(c1)Nc1ccccc1O2. The molecule has 0 amide bonds. The Morgan fingerprint density at radius 2 is 0.457 bits per heavy atom. The van der Waals surface area contributed by atoms with Crippen LogP contribution in [0.4, 0.5) is 45.5 Å². The number of ether oxygens (including phenoxy) is 3. The second-order valence-corrected chi connectivity index (χ2v) is 23.2. The van der Waals surface area contributed by atoms with Gasteiger partial charge in [-0.25, -0.2) is 29.9 Å². The van der Waals surface area contributed by atoms with Gasteiger partial charge in [0.05, 0.1) is 34.1 Å². The van der Waals surface area contributed by atoms with Crippen molar-refractivity contribution in [1.29, 1.82) is 0 Å². The number of fused-ring (bicyclic) bond motifs is 6. The summed E-state index contributed by atoms with van der Waals surface area (Å²) in [5.41, 5.74) is 13.5. The van der Waals surface area contributed by atoms with Gasteiger partial charge in [0.15, 0.2) is 69.4 Å². The molecule has 12 aromatic carbocycles. The number of nitrogens with one attached hydrogen (secondary N) is 1. The number of aromatic nitrogens is 6. The van der Waals surface area contributed by atoms with Crippen molar-refractivity contribution in [3.63, 3.8) is 0 Å². The number of hydrogen-bond acceptors (Lipinski definition) is 12. The predicted molar refractivity (Wildman–Crippen MR) is 373 cm³/mol. The van der Waals surface area contributed by atoms with Crippen molar-refractivity contribution in [2.24, 2.45) is 0 Å². The Morgan fingerprint density at radius 1 is 0.228 bits per heavy atom. The van der Waals surface area contributed by atoms with Gasteiger partial charge in [0.1, 0.15) is 0 Å². The molecule has 0 unspecified atom stereocenters. The smallest absolute Gasteiger partial charge is 0.164 e. The maximum atomic E-state index is 6.23. The number of benzene rings is 12. The highest BCUT2D eigenvalue weighted by molar-refractivity contribution is 9.10. The first-order valence-corrected chi connectivity index (χ1v) is 31.3. The van der Waals surface area contributed by atoms with Crippen molar-refractivity contribution in [2.45, 2.75) is 0 Å². The predicted octanol–water partition coefficient (Wildman–Crippen LogP) is 22.0. The minimum atomic E-state index is 0.596. The summed E-state index contributed by atoms with van der Waals surface area (Å²) in [4.78, 5) is 33.5. The Balaban J connectivity index is 0.000000144. The Kier molecular flexibility index (Phi) is 15.8. The fourth-order valence-corrected chi connectivity index (χ4v) is 11.5. The van der Waals surface area contributed by atoms with E-state index in [-0.39, 0.29) is 0 Å². The van der Waals surface area contributed by atoms with Crippen molar-refractivity contribution < 1.29 is 14.2 Å². The zero-order valence-electron chi connectivity index (χ0n) is 48.9. The van der Waals surface area contributed by atoms with E-state index in [1.165, 1.54) is 0 Å². The maximum absolute atomic E-state index is 6.23. The number of anilines is 8. The lowest BCUT2D eigenvalue weighted by Crippen LogP contribution is -2.15. The second kappa shape index (κ2) is 25.5. The number of halogens is 2. The molecule has 0 fully saturated rings. The highest BCUT2D eigenvalue weighted by atomic mass is 79.9. The van der Waals surface area contributed by atoms with Gasteiger partial charge in [0.2, 0.25) is 0 Å². The van der Waals surface area contributed by atoms with Crippen LogP contribution in [-0.2, 0) is 0 Å². The third kappa shape index (κ3) is 11.9. The lowest BCUT2D eigenvalue weighted by Gasteiger charge is -2.32. The molecule has 0 atom stereocenters. The van der Waals surface area contributed by atoms with E-state index in [0.717, 1.165) is 122 Å². The first-order valence-electron chi connectivity index (χ1n) is 29.7. The molecule has 0 saturated heterocycles. The molecule has 0 radical (unpaired) electrons. The van der Waals surface area contributed by atoms with Crippen molar-refractivity contribution in [3.8, 4) is 103 Å². The molecule has 0 spiro atoms. The fourth-order valence-electron chi connectivity index (χ4n) is 11.0. The van der Waals surface area contributed by atoms with Crippen molar-refractivity contribution in [3.05, 3.63) is 312 Å². The highest BCUT2D eigenvalue weighted by Gasteiger charge is 2.28. The summed E-state index contributed by atoms with van der Waals surface area (Å²) in [6, 6.07) is 101. The minimum Gasteiger partial charge on any atom is -0.453 e. The third-order valence-corrected chi connectivity index (χ3v) is 16.5. The molecule has 14 heteroatoms. The van der Waals surface area contributed by atoms with E-state index in [1.54, 1.807) is 0 Å². The van der Waals surface area contributed by atoms with Crippen LogP contribution in [0.25, 0.3) is 68.3 Å². The van der Waals surface area contributed by atoms with E-state index in [4.69, 9.17) is 44.1 Å². The Labute approximate surface area is 548 Å². The topological polar surface area (TPSA) is 124 Å². The largest absolute Gasteiger partial charge is 0.453 e. The van der Waals surface area contributed by atoms with Crippen LogP contribution in [0.15, 0.2) is 312 Å². The molecule has 92 heavy (non-hydrogen) atoms. The molecular weight excluding hydrogens is 1270 g/mol. The van der Waals surface area contributed by atoms with Crippen molar-refractivity contribution >= 4 is 77.4 Å². The van der Waals surface area contributed by atoms with Gasteiger partial charge in [0.25, 0.3) is 0 Å². The molecule has 5 heterocycles. The molecular formula is C78H51Br2N9O3. The van der Waals surface area contributed by atoms with Crippen LogP contribution in [0, 0.1) is 0 Å². The van der Waals surface area contributed by atoms with E-state index in [1.807, 2.05) is 231 Å². The molecule has 440 valence electrons. The molecule has 1 N–H and O–H groups in total. The minimum absolute atomic E-state index is 0.596. The standard InChI is InChI=1S/C45H29N5O2.C21H13Br2N3.C12H9NO/c1-2-12-30(13-3-1)43-46-44(31-22-26-33(27-23-31)49-35-14-4-8-18-39(35)51-40-19-9-5-15-36(40)49)48-45(47-43)32-24-28-34(29-25-32)50-37-16-6-10-20-41(37)52-42-21-11-7-17-38(42)50;22-17-10-6-15(7-11-17)20-24-19(14-4-2-1-3-5-14)25-21(26-20)16-8-12-18(23)13-9-16;1-3-7-11-9(5-1)13-10-6-2-4-8-12(10)14-11/h1-29H;1-13H;1-8,13H. The molecule has 0 saturated carbocycles. The van der Waals surface area contributed by atoms with E-state index in [9.17, 15) is 0 Å². The molecule has 2 aromatic heterocycles. The summed E-state index contributed by atoms with van der Waals surface area (Å²) in [5, 5.41) is 3.32. The van der Waals surface area contributed by atoms with Gasteiger partial charge in [-0.1, -0.05) is 190 Å². The quantitative estimate of drug-likeness (QED) is 0.156. The molecule has 17 rings (SSSR count). The van der Waals surface area contributed by atoms with Crippen LogP contribution >= 0.6 is 31.9 Å². The van der Waals surface area contributed by atoms with E-state index in [0.29, 0.717) is 34.9 Å². The van der Waals surface area contributed by atoms with Gasteiger partial charge in [-0.05, 0) is 146 Å². The monoisotopic (exact) mass is 1320 g/mol. The first-order chi connectivity index (χ1) is 45.4. The second-order valence-electron chi connectivity index (χ2n) is 21.4. The summed E-state index contributed by atoms with van der Waals surface area (Å²) in [5.74, 6) is 8.79. The Hall–Kier alpha value is -11.6. The summed E-state index contributed by atoms with van der Waals surface area (Å²) >= 11 is 6.94. The van der Waals surface area contributed by atoms with E-state index in [2.05, 4.69) is 120 Å². The molecule has 12 nitrogen and oxygen atoms in total. The summed E-state index contributed by atoms with van der Waals surface area (Å²) < 4.78 is 20.2. The molecule has 0 aliphatic carbocycles. The highest BCUT2D eigenvalue weighted by Crippen LogP contribution is 2.52. The van der Waals surface area contributed by atoms with E-state index < -0.39 is 0 Å². The summed E-state index contributed by atoms with van der Waals surface area (Å²) in [7, 11) is 0. The van der Waals surface area contributed by atoms with Gasteiger partial charge in [-0.2, -0.15) is 0 Å². The third-order valence-electron chi connectivity index (χ3n) is 15.4. The Bertz CT molecular complexity index is 4570. The number of nitrogens with zero attached hydrogens (tertiary/aromatic N) is 8. The van der Waals surface area contributed by atoms with Crippen LogP contribution in [0.1, 0.15) is 0 Å². The van der Waals surface area contributed by atoms with Gasteiger partial charge in [0, 0.05) is 53.7 Å². The zero-order valence-corrected chi connectivity index (χ0v) is 52.1. The number of hydrogen-bond donors (Lipinski definition) is 1. The molecule has 3 aliphatic rings. The average Bonchev–Trinajstić information content (AvgIpc) is 1.24. The van der Waals surface area contributed by atoms with Crippen LogP contribution in [0.5, 0.6) is 34.5 Å². The first kappa shape index (κ1) is 56.9. The van der Waals surface area contributed by atoms with E-state index >= 15 is 0 Å². The number of para-hydroxylation sites is 12. The van der Waals surface area contributed by atoms with Gasteiger partial charge in [-0.3, -0.25) is 0 Å². The lowest BCUT2D eigenvalue weighted by atomic mass is 10.1. The Morgan fingerprint density at radius 3 is 0.761 bits per heavy atom. The van der Waals surface area contributed by atoms with Crippen LogP contribution in [-0.4, -0.2) is 29.9 Å². The summed E-state index contributed by atoms with van der Waals surface area (Å²) in [6.45, 7) is 0. The van der Waals surface area contributed by atoms with Crippen molar-refractivity contribution in [1.82, 2.24) is 29.9 Å². The molecule has 0 bridgehead atoms. The number of rotatable bonds is 8. The van der Waals surface area contributed by atoms with Crippen LogP contribution in [0.3, 0.4) is 0 Å². The van der Waals surface area contributed by atoms with Crippen LogP contribution in [0.2, 0.25) is 0 Å². The fraction of sp³-hybridized carbons (Fsp3) is 0. The summed E-state index contributed by atoms with van der Waals surface area (Å²) in [6.07, 6.45) is 0.